The maximum Gasteiger partial charge on any atom is 0.292 e. The van der Waals surface area contributed by atoms with Gasteiger partial charge in [0.2, 0.25) is 0 Å². The van der Waals surface area contributed by atoms with Crippen molar-refractivity contribution in [2.75, 3.05) is 13.4 Å². The van der Waals surface area contributed by atoms with Gasteiger partial charge in [0.15, 0.2) is 0 Å². The maximum absolute atomic E-state index is 12.0. The van der Waals surface area contributed by atoms with Gasteiger partial charge in [-0.1, -0.05) is 18.2 Å². The zero-order chi connectivity index (χ0) is 17.1. The fraction of sp³-hybridized carbons (Fsp3) is 0.167. The Morgan fingerprint density at radius 1 is 1.21 bits per heavy atom. The molecule has 0 aliphatic heterocycles. The zero-order valence-corrected chi connectivity index (χ0v) is 14.3. The molecule has 0 fully saturated rings. The summed E-state index contributed by atoms with van der Waals surface area (Å²) in [5.41, 5.74) is 2.59. The van der Waals surface area contributed by atoms with Crippen molar-refractivity contribution in [2.45, 2.75) is 6.54 Å². The molecule has 2 aromatic carbocycles. The van der Waals surface area contributed by atoms with E-state index in [4.69, 9.17) is 4.74 Å². The van der Waals surface area contributed by atoms with Crippen molar-refractivity contribution in [3.63, 3.8) is 0 Å². The molecule has 0 saturated carbocycles. The molecule has 1 unspecified atom stereocenters. The van der Waals surface area contributed by atoms with Crippen molar-refractivity contribution in [1.29, 1.82) is 0 Å². The molecule has 3 aromatic rings. The van der Waals surface area contributed by atoms with E-state index in [0.717, 1.165) is 22.2 Å². The summed E-state index contributed by atoms with van der Waals surface area (Å²) in [6.45, 7) is 0.693. The van der Waals surface area contributed by atoms with Gasteiger partial charge in [0.05, 0.1) is 18.5 Å². The highest BCUT2D eigenvalue weighted by molar-refractivity contribution is 7.89. The molecule has 1 aromatic heterocycles. The molecule has 3 rings (SSSR count). The summed E-state index contributed by atoms with van der Waals surface area (Å²) in [6, 6.07) is 15.4. The molecular formula is C18H18N2O3S. The first-order chi connectivity index (χ1) is 11.6. The summed E-state index contributed by atoms with van der Waals surface area (Å²) in [4.78, 5) is 12.0. The predicted molar refractivity (Wildman–Crippen MR) is 95.6 cm³/mol. The Hall–Kier alpha value is -2.44. The van der Waals surface area contributed by atoms with Crippen LogP contribution >= 0.6 is 0 Å². The lowest BCUT2D eigenvalue weighted by molar-refractivity contribution is 0.0981. The van der Waals surface area contributed by atoms with Gasteiger partial charge >= 0.3 is 0 Å². The highest BCUT2D eigenvalue weighted by Crippen LogP contribution is 2.20. The second-order valence-corrected chi connectivity index (χ2v) is 6.56. The first-order valence-electron chi connectivity index (χ1n) is 7.43. The van der Waals surface area contributed by atoms with E-state index in [1.54, 1.807) is 13.2 Å². The van der Waals surface area contributed by atoms with E-state index in [2.05, 4.69) is 9.29 Å². The Morgan fingerprint density at radius 2 is 1.96 bits per heavy atom. The third-order valence-electron chi connectivity index (χ3n) is 3.78. The molecule has 0 aliphatic rings. The van der Waals surface area contributed by atoms with E-state index < -0.39 is 11.4 Å². The Labute approximate surface area is 143 Å². The normalized spacial score (nSPS) is 12.1. The quantitative estimate of drug-likeness (QED) is 0.725. The number of nitrogens with one attached hydrogen (secondary N) is 1. The number of methoxy groups -OCH3 is 1. The monoisotopic (exact) mass is 342 g/mol. The lowest BCUT2D eigenvalue weighted by Gasteiger charge is -2.09. The van der Waals surface area contributed by atoms with Crippen molar-refractivity contribution in [1.82, 2.24) is 9.29 Å². The van der Waals surface area contributed by atoms with Crippen LogP contribution < -0.4 is 9.46 Å². The third kappa shape index (κ3) is 3.55. The van der Waals surface area contributed by atoms with Crippen molar-refractivity contribution in [2.24, 2.45) is 0 Å². The minimum absolute atomic E-state index is 0.338. The standard InChI is InChI=1S/C18H18N2O3S/c1-23-16-7-3-13(4-8-16)12-20-10-9-14-5-6-15(11-17(14)20)18(21)19-24(2)22/h3-11H,12H2,1-2H3,(H,19,21). The average molecular weight is 342 g/mol. The molecule has 0 spiro atoms. The summed E-state index contributed by atoms with van der Waals surface area (Å²) in [5, 5.41) is 1.05. The van der Waals surface area contributed by atoms with Crippen LogP contribution in [0.15, 0.2) is 54.7 Å². The van der Waals surface area contributed by atoms with Gasteiger partial charge in [0, 0.05) is 23.8 Å². The molecule has 24 heavy (non-hydrogen) atoms. The first kappa shape index (κ1) is 16.4. The predicted octanol–water partition coefficient (Wildman–Crippen LogP) is 2.72. The number of ether oxygens (including phenoxy) is 1. The van der Waals surface area contributed by atoms with E-state index in [-0.39, 0.29) is 5.91 Å². The van der Waals surface area contributed by atoms with E-state index in [1.807, 2.05) is 48.7 Å². The topological polar surface area (TPSA) is 66.3 Å². The molecule has 1 atom stereocenters. The van der Waals surface area contributed by atoms with Crippen LogP contribution in [0.2, 0.25) is 0 Å². The number of rotatable bonds is 5. The second kappa shape index (κ2) is 6.98. The molecule has 0 aliphatic carbocycles. The molecule has 5 nitrogen and oxygen atoms in total. The largest absolute Gasteiger partial charge is 0.593 e. The first-order valence-corrected chi connectivity index (χ1v) is 8.99. The molecule has 1 N–H and O–H groups in total. The van der Waals surface area contributed by atoms with Gasteiger partial charge in [-0.15, -0.1) is 0 Å². The number of hydrogen-bond donors (Lipinski definition) is 1. The molecule has 1 amide bonds. The van der Waals surface area contributed by atoms with Gasteiger partial charge in [-0.25, -0.2) is 0 Å². The molecule has 0 saturated heterocycles. The highest BCUT2D eigenvalue weighted by atomic mass is 32.2. The summed E-state index contributed by atoms with van der Waals surface area (Å²) in [6.07, 6.45) is 3.43. The van der Waals surface area contributed by atoms with Crippen LogP contribution in [-0.4, -0.2) is 28.4 Å². The lowest BCUT2D eigenvalue weighted by atomic mass is 10.1. The van der Waals surface area contributed by atoms with E-state index in [0.29, 0.717) is 12.1 Å². The van der Waals surface area contributed by atoms with Crippen LogP contribution in [0.1, 0.15) is 15.9 Å². The molecule has 0 radical (unpaired) electrons. The SMILES string of the molecule is COc1ccc(Cn2ccc3ccc(C(=O)N[S+](C)[O-])cc32)cc1. The van der Waals surface area contributed by atoms with E-state index in [9.17, 15) is 9.35 Å². The molecule has 124 valence electrons. The Bertz CT molecular complexity index is 856. The van der Waals surface area contributed by atoms with Gasteiger partial charge in [0.1, 0.15) is 12.0 Å². The van der Waals surface area contributed by atoms with Crippen LogP contribution in [0.3, 0.4) is 0 Å². The van der Waals surface area contributed by atoms with Crippen LogP contribution in [0.25, 0.3) is 10.9 Å². The molecule has 6 heteroatoms. The number of fused-ring (bicyclic) bond motifs is 1. The Morgan fingerprint density at radius 3 is 2.62 bits per heavy atom. The van der Waals surface area contributed by atoms with Crippen molar-refractivity contribution >= 4 is 28.2 Å². The van der Waals surface area contributed by atoms with Crippen LogP contribution in [0.5, 0.6) is 5.75 Å². The molecular weight excluding hydrogens is 324 g/mol. The van der Waals surface area contributed by atoms with E-state index in [1.165, 1.54) is 6.26 Å². The van der Waals surface area contributed by atoms with Gasteiger partial charge in [-0.2, -0.15) is 4.72 Å². The van der Waals surface area contributed by atoms with Gasteiger partial charge < -0.3 is 13.9 Å². The number of nitrogens with zero attached hydrogens (tertiary/aromatic N) is 1. The second-order valence-electron chi connectivity index (χ2n) is 5.45. The summed E-state index contributed by atoms with van der Waals surface area (Å²) >= 11 is -1.38. The maximum atomic E-state index is 12.0. The smallest absolute Gasteiger partial charge is 0.292 e. The van der Waals surface area contributed by atoms with Crippen LogP contribution in [0.4, 0.5) is 0 Å². The third-order valence-corrected chi connectivity index (χ3v) is 4.26. The zero-order valence-electron chi connectivity index (χ0n) is 13.5. The van der Waals surface area contributed by atoms with Crippen LogP contribution in [-0.2, 0) is 17.9 Å². The fourth-order valence-electron chi connectivity index (χ4n) is 2.58. The summed E-state index contributed by atoms with van der Waals surface area (Å²) in [5.74, 6) is 0.484. The number of carbonyl (C=O) groups is 1. The number of carbonyl (C=O) groups excluding carboxylic acids is 1. The van der Waals surface area contributed by atoms with Crippen molar-refractivity contribution in [3.8, 4) is 5.75 Å². The number of benzene rings is 2. The van der Waals surface area contributed by atoms with Gasteiger partial charge in [-0.05, 0) is 41.3 Å². The summed E-state index contributed by atoms with van der Waals surface area (Å²) < 4.78 is 20.8. The van der Waals surface area contributed by atoms with E-state index >= 15 is 0 Å². The average Bonchev–Trinajstić information content (AvgIpc) is 2.97. The highest BCUT2D eigenvalue weighted by Gasteiger charge is 2.12. The van der Waals surface area contributed by atoms with Gasteiger partial charge in [-0.3, -0.25) is 4.79 Å². The lowest BCUT2D eigenvalue weighted by Crippen LogP contribution is -2.29. The number of amides is 1. The fourth-order valence-corrected chi connectivity index (χ4v) is 2.96. The molecule has 1 heterocycles. The van der Waals surface area contributed by atoms with Gasteiger partial charge in [0.25, 0.3) is 5.91 Å². The van der Waals surface area contributed by atoms with Crippen molar-refractivity contribution < 1.29 is 14.1 Å². The Balaban J connectivity index is 1.89. The van der Waals surface area contributed by atoms with Crippen molar-refractivity contribution in [3.05, 3.63) is 65.9 Å². The Kier molecular flexibility index (Phi) is 4.78. The minimum Gasteiger partial charge on any atom is -0.593 e. The minimum atomic E-state index is -1.38. The number of aromatic nitrogens is 1. The number of hydrogen-bond acceptors (Lipinski definition) is 3. The summed E-state index contributed by atoms with van der Waals surface area (Å²) in [7, 11) is 1.64. The molecule has 0 bridgehead atoms. The van der Waals surface area contributed by atoms with Crippen LogP contribution in [0, 0.1) is 0 Å².